The zero-order valence-electron chi connectivity index (χ0n) is 5.04. The zero-order valence-corrected chi connectivity index (χ0v) is 6.61. The Balaban J connectivity index is 3.14. The molecule has 1 aliphatic heterocycles. The molecular formula is C4H4ClNO3S. The summed E-state index contributed by atoms with van der Waals surface area (Å²) in [7, 11) is -2.34. The third-order valence-corrected chi connectivity index (χ3v) is 2.99. The quantitative estimate of drug-likeness (QED) is 0.546. The van der Waals surface area contributed by atoms with Gasteiger partial charge in [-0.1, -0.05) is 11.6 Å². The highest BCUT2D eigenvalue weighted by Gasteiger charge is 2.29. The molecule has 4 nitrogen and oxygen atoms in total. The van der Waals surface area contributed by atoms with E-state index in [1.165, 1.54) is 7.11 Å². The highest BCUT2D eigenvalue weighted by molar-refractivity contribution is 8.10. The summed E-state index contributed by atoms with van der Waals surface area (Å²) in [5.41, 5.74) is 0. The van der Waals surface area contributed by atoms with Crippen molar-refractivity contribution in [3.05, 3.63) is 10.6 Å². The Morgan fingerprint density at radius 1 is 1.70 bits per heavy atom. The lowest BCUT2D eigenvalue weighted by atomic mass is 11.0. The number of sulfone groups is 1. The van der Waals surface area contributed by atoms with E-state index in [9.17, 15) is 8.42 Å². The van der Waals surface area contributed by atoms with Gasteiger partial charge in [0.05, 0.1) is 13.3 Å². The van der Waals surface area contributed by atoms with E-state index < -0.39 is 9.84 Å². The molecule has 6 heteroatoms. The molecule has 1 rings (SSSR count). The third-order valence-electron chi connectivity index (χ3n) is 0.933. The van der Waals surface area contributed by atoms with Crippen molar-refractivity contribution in [3.8, 4) is 0 Å². The fourth-order valence-corrected chi connectivity index (χ4v) is 1.50. The first-order chi connectivity index (χ1) is 4.59. The predicted octanol–water partition coefficient (Wildman–Crippen LogP) is 0.455. The van der Waals surface area contributed by atoms with Crippen LogP contribution in [0, 0.1) is 0 Å². The standard InChI is InChI=1S/C4H4ClNO3S/c1-9-4-6-2-3(5)10(4,7)8/h2H,1H3. The Hall–Kier alpha value is -0.550. The second-order valence-electron chi connectivity index (χ2n) is 1.54. The highest BCUT2D eigenvalue weighted by Crippen LogP contribution is 2.20. The first-order valence-electron chi connectivity index (χ1n) is 2.31. The number of hydrogen-bond donors (Lipinski definition) is 0. The van der Waals surface area contributed by atoms with Crippen molar-refractivity contribution >= 4 is 26.7 Å². The van der Waals surface area contributed by atoms with Crippen LogP contribution in [0.15, 0.2) is 15.6 Å². The lowest BCUT2D eigenvalue weighted by molar-refractivity contribution is 0.412. The Bertz CT molecular complexity index is 302. The van der Waals surface area contributed by atoms with E-state index in [1.54, 1.807) is 0 Å². The van der Waals surface area contributed by atoms with E-state index in [1.807, 2.05) is 0 Å². The summed E-state index contributed by atoms with van der Waals surface area (Å²) in [6.07, 6.45) is 1.04. The van der Waals surface area contributed by atoms with Crippen molar-refractivity contribution < 1.29 is 13.2 Å². The van der Waals surface area contributed by atoms with Crippen molar-refractivity contribution in [2.24, 2.45) is 4.99 Å². The number of ether oxygens (including phenoxy) is 1. The van der Waals surface area contributed by atoms with Gasteiger partial charge in [-0.2, -0.15) is 0 Å². The van der Waals surface area contributed by atoms with Crippen LogP contribution in [0.4, 0.5) is 0 Å². The molecule has 0 aromatic carbocycles. The minimum atomic E-state index is -3.56. The van der Waals surface area contributed by atoms with Crippen LogP contribution < -0.4 is 0 Å². The fourth-order valence-electron chi connectivity index (χ4n) is 0.488. The highest BCUT2D eigenvalue weighted by atomic mass is 35.5. The van der Waals surface area contributed by atoms with Crippen molar-refractivity contribution in [2.75, 3.05) is 7.11 Å². The topological polar surface area (TPSA) is 55.7 Å². The van der Waals surface area contributed by atoms with Crippen LogP contribution in [0.3, 0.4) is 0 Å². The first kappa shape index (κ1) is 7.56. The van der Waals surface area contributed by atoms with E-state index >= 15 is 0 Å². The van der Waals surface area contributed by atoms with Crippen molar-refractivity contribution in [2.45, 2.75) is 0 Å². The molecule has 0 amide bonds. The summed E-state index contributed by atoms with van der Waals surface area (Å²) in [6.45, 7) is 0. The lowest BCUT2D eigenvalue weighted by Crippen LogP contribution is -2.12. The number of halogens is 1. The van der Waals surface area contributed by atoms with Crippen LogP contribution in [0.5, 0.6) is 0 Å². The fraction of sp³-hybridized carbons (Fsp3) is 0.250. The third kappa shape index (κ3) is 0.911. The molecule has 0 unspecified atom stereocenters. The maximum Gasteiger partial charge on any atom is 0.315 e. The average Bonchev–Trinajstić information content (AvgIpc) is 2.10. The summed E-state index contributed by atoms with van der Waals surface area (Å²) in [4.78, 5) is 3.40. The monoisotopic (exact) mass is 181 g/mol. The van der Waals surface area contributed by atoms with Gasteiger partial charge in [-0.3, -0.25) is 0 Å². The second kappa shape index (κ2) is 2.25. The minimum Gasteiger partial charge on any atom is -0.472 e. The van der Waals surface area contributed by atoms with Crippen LogP contribution in [0.1, 0.15) is 0 Å². The van der Waals surface area contributed by atoms with Gasteiger partial charge in [0.15, 0.2) is 4.36 Å². The number of methoxy groups -OCH3 is 1. The molecule has 0 N–H and O–H groups in total. The Kier molecular flexibility index (Phi) is 1.70. The molecule has 0 aromatic heterocycles. The van der Waals surface area contributed by atoms with E-state index in [-0.39, 0.29) is 9.59 Å². The number of rotatable bonds is 0. The van der Waals surface area contributed by atoms with Crippen LogP contribution in [0.2, 0.25) is 0 Å². The van der Waals surface area contributed by atoms with Crippen LogP contribution in [-0.4, -0.2) is 20.8 Å². The number of aliphatic imine (C=N–C) groups is 1. The maximum atomic E-state index is 10.9. The van der Waals surface area contributed by atoms with Gasteiger partial charge in [-0.15, -0.1) is 0 Å². The van der Waals surface area contributed by atoms with Gasteiger partial charge in [0.25, 0.3) is 9.84 Å². The number of hydrogen-bond acceptors (Lipinski definition) is 4. The Morgan fingerprint density at radius 3 is 2.50 bits per heavy atom. The molecule has 0 saturated carbocycles. The Morgan fingerprint density at radius 2 is 2.30 bits per heavy atom. The minimum absolute atomic E-state index is 0.302. The summed E-state index contributed by atoms with van der Waals surface area (Å²) in [5, 5.41) is -0.350. The molecule has 0 aliphatic carbocycles. The van der Waals surface area contributed by atoms with Crippen molar-refractivity contribution in [1.82, 2.24) is 0 Å². The second-order valence-corrected chi connectivity index (χ2v) is 3.96. The molecule has 0 radical (unpaired) electrons. The largest absolute Gasteiger partial charge is 0.472 e. The molecule has 0 aromatic rings. The molecule has 0 bridgehead atoms. The molecule has 1 aliphatic rings. The first-order valence-corrected chi connectivity index (χ1v) is 4.17. The summed E-state index contributed by atoms with van der Waals surface area (Å²) in [5.74, 6) is 0. The van der Waals surface area contributed by atoms with Gasteiger partial charge in [-0.05, 0) is 0 Å². The Labute approximate surface area is 63.1 Å². The summed E-state index contributed by atoms with van der Waals surface area (Å²) < 4.78 is 25.9. The SMILES string of the molecule is COC1=NC=C(Cl)S1(=O)=O. The van der Waals surface area contributed by atoms with Crippen LogP contribution in [0.25, 0.3) is 0 Å². The smallest absolute Gasteiger partial charge is 0.315 e. The van der Waals surface area contributed by atoms with Crippen LogP contribution in [-0.2, 0) is 14.6 Å². The van der Waals surface area contributed by atoms with E-state index in [0.717, 1.165) is 6.20 Å². The van der Waals surface area contributed by atoms with E-state index in [0.29, 0.717) is 0 Å². The van der Waals surface area contributed by atoms with Gasteiger partial charge in [-0.25, -0.2) is 13.4 Å². The summed E-state index contributed by atoms with van der Waals surface area (Å²) >= 11 is 5.26. The predicted molar refractivity (Wildman–Crippen MR) is 37.3 cm³/mol. The van der Waals surface area contributed by atoms with Gasteiger partial charge in [0.1, 0.15) is 0 Å². The summed E-state index contributed by atoms with van der Waals surface area (Å²) in [6, 6.07) is 0. The maximum absolute atomic E-state index is 10.9. The van der Waals surface area contributed by atoms with Gasteiger partial charge in [0.2, 0.25) is 0 Å². The molecular weight excluding hydrogens is 178 g/mol. The molecule has 56 valence electrons. The molecule has 0 fully saturated rings. The van der Waals surface area contributed by atoms with Crippen molar-refractivity contribution in [3.63, 3.8) is 0 Å². The lowest BCUT2D eigenvalue weighted by Gasteiger charge is -1.96. The van der Waals surface area contributed by atoms with Crippen LogP contribution >= 0.6 is 11.6 Å². The molecule has 0 atom stereocenters. The van der Waals surface area contributed by atoms with Gasteiger partial charge >= 0.3 is 5.23 Å². The van der Waals surface area contributed by atoms with Gasteiger partial charge < -0.3 is 4.74 Å². The molecule has 0 spiro atoms. The van der Waals surface area contributed by atoms with Crippen molar-refractivity contribution in [1.29, 1.82) is 0 Å². The normalized spacial score (nSPS) is 21.8. The zero-order chi connectivity index (χ0) is 7.78. The molecule has 10 heavy (non-hydrogen) atoms. The molecule has 0 saturated heterocycles. The molecule has 1 heterocycles. The number of nitrogens with zero attached hydrogens (tertiary/aromatic N) is 1. The van der Waals surface area contributed by atoms with Gasteiger partial charge in [0, 0.05) is 0 Å². The van der Waals surface area contributed by atoms with E-state index in [2.05, 4.69) is 9.73 Å². The average molecular weight is 182 g/mol. The van der Waals surface area contributed by atoms with E-state index in [4.69, 9.17) is 11.6 Å².